The number of hydrogen-bond donors (Lipinski definition) is 1. The van der Waals surface area contributed by atoms with Crippen molar-refractivity contribution in [1.29, 1.82) is 0 Å². The Kier molecular flexibility index (Phi) is 5.84. The summed E-state index contributed by atoms with van der Waals surface area (Å²) in [4.78, 5) is 5.15. The molecule has 2 N–H and O–H groups in total. The minimum atomic E-state index is 0.226. The van der Waals surface area contributed by atoms with E-state index in [1.54, 1.807) is 0 Å². The highest BCUT2D eigenvalue weighted by atomic mass is 16.5. The van der Waals surface area contributed by atoms with E-state index in [0.29, 0.717) is 6.04 Å². The molecule has 4 nitrogen and oxygen atoms in total. The molecule has 20 heavy (non-hydrogen) atoms. The normalized spacial score (nSPS) is 25.5. The maximum absolute atomic E-state index is 6.18. The zero-order valence-electron chi connectivity index (χ0n) is 13.6. The fraction of sp³-hybridized carbons (Fsp3) is 1.00. The molecule has 0 unspecified atom stereocenters. The topological polar surface area (TPSA) is 41.7 Å². The van der Waals surface area contributed by atoms with Crippen LogP contribution in [-0.4, -0.2) is 67.8 Å². The van der Waals surface area contributed by atoms with Gasteiger partial charge in [0.05, 0.1) is 0 Å². The number of ether oxygens (including phenoxy) is 1. The van der Waals surface area contributed by atoms with Crippen LogP contribution >= 0.6 is 0 Å². The van der Waals surface area contributed by atoms with Gasteiger partial charge in [-0.25, -0.2) is 0 Å². The van der Waals surface area contributed by atoms with E-state index in [-0.39, 0.29) is 5.54 Å². The van der Waals surface area contributed by atoms with Crippen molar-refractivity contribution < 1.29 is 4.74 Å². The zero-order valence-corrected chi connectivity index (χ0v) is 13.6. The van der Waals surface area contributed by atoms with Gasteiger partial charge in [0.1, 0.15) is 0 Å². The second-order valence-electron chi connectivity index (χ2n) is 6.99. The van der Waals surface area contributed by atoms with Crippen LogP contribution in [0.1, 0.15) is 39.5 Å². The van der Waals surface area contributed by atoms with E-state index in [9.17, 15) is 0 Å². The van der Waals surface area contributed by atoms with Gasteiger partial charge < -0.3 is 15.4 Å². The molecule has 0 saturated carbocycles. The molecular formula is C16H33N3O. The lowest BCUT2D eigenvalue weighted by atomic mass is 9.84. The fourth-order valence-electron chi connectivity index (χ4n) is 3.71. The Morgan fingerprint density at radius 3 is 2.35 bits per heavy atom. The number of likely N-dealkylation sites (tertiary alicyclic amines) is 1. The minimum absolute atomic E-state index is 0.226. The van der Waals surface area contributed by atoms with E-state index in [4.69, 9.17) is 10.5 Å². The highest BCUT2D eigenvalue weighted by Gasteiger charge is 2.38. The first kappa shape index (κ1) is 16.2. The third-order valence-electron chi connectivity index (χ3n) is 5.52. The number of rotatable bonds is 5. The van der Waals surface area contributed by atoms with Crippen molar-refractivity contribution in [1.82, 2.24) is 9.80 Å². The van der Waals surface area contributed by atoms with E-state index in [1.807, 2.05) is 0 Å². The van der Waals surface area contributed by atoms with Crippen molar-refractivity contribution in [2.24, 2.45) is 11.7 Å². The quantitative estimate of drug-likeness (QED) is 0.831. The van der Waals surface area contributed by atoms with Crippen LogP contribution in [0, 0.1) is 5.92 Å². The number of likely N-dealkylation sites (N-methyl/N-ethyl adjacent to an activating group) is 1. The monoisotopic (exact) mass is 283 g/mol. The molecule has 2 aliphatic rings. The third-order valence-corrected chi connectivity index (χ3v) is 5.52. The van der Waals surface area contributed by atoms with Crippen molar-refractivity contribution in [2.75, 3.05) is 46.4 Å². The van der Waals surface area contributed by atoms with E-state index < -0.39 is 0 Å². The van der Waals surface area contributed by atoms with Gasteiger partial charge in [-0.05, 0) is 52.5 Å². The van der Waals surface area contributed by atoms with Crippen LogP contribution in [0.4, 0.5) is 0 Å². The maximum Gasteiger partial charge on any atom is 0.0469 e. The number of nitrogens with zero attached hydrogens (tertiary/aromatic N) is 2. The Hall–Kier alpha value is -0.160. The van der Waals surface area contributed by atoms with Crippen LogP contribution in [0.25, 0.3) is 0 Å². The third kappa shape index (κ3) is 3.73. The molecule has 2 aliphatic heterocycles. The van der Waals surface area contributed by atoms with Gasteiger partial charge in [0.2, 0.25) is 0 Å². The summed E-state index contributed by atoms with van der Waals surface area (Å²) >= 11 is 0. The molecule has 0 radical (unpaired) electrons. The number of nitrogens with two attached hydrogens (primary N) is 1. The highest BCUT2D eigenvalue weighted by Crippen LogP contribution is 2.30. The van der Waals surface area contributed by atoms with Gasteiger partial charge in [0.15, 0.2) is 0 Å². The Labute approximate surface area is 124 Å². The highest BCUT2D eigenvalue weighted by molar-refractivity contribution is 4.96. The first-order chi connectivity index (χ1) is 9.57. The molecule has 0 bridgehead atoms. The summed E-state index contributed by atoms with van der Waals surface area (Å²) in [7, 11) is 2.29. The van der Waals surface area contributed by atoms with Crippen LogP contribution in [0.5, 0.6) is 0 Å². The van der Waals surface area contributed by atoms with E-state index in [0.717, 1.165) is 25.7 Å². The fourth-order valence-corrected chi connectivity index (χ4v) is 3.71. The number of piperidine rings is 1. The SMILES string of the molecule is CC(C)N1CCC(CN)(N(C)CC2CCOCC2)CC1. The van der Waals surface area contributed by atoms with Crippen LogP contribution < -0.4 is 5.73 Å². The van der Waals surface area contributed by atoms with Gasteiger partial charge >= 0.3 is 0 Å². The second kappa shape index (κ2) is 7.21. The van der Waals surface area contributed by atoms with E-state index in [1.165, 1.54) is 45.3 Å². The summed E-state index contributed by atoms with van der Waals surface area (Å²) in [5, 5.41) is 0. The van der Waals surface area contributed by atoms with Gasteiger partial charge in [-0.1, -0.05) is 0 Å². The summed E-state index contributed by atoms with van der Waals surface area (Å²) in [6.45, 7) is 10.8. The Bertz CT molecular complexity index is 281. The predicted molar refractivity (Wildman–Crippen MR) is 83.9 cm³/mol. The van der Waals surface area contributed by atoms with Gasteiger partial charge in [0, 0.05) is 51.0 Å². The standard InChI is InChI=1S/C16H33N3O/c1-14(2)19-8-6-16(13-17,7-9-19)18(3)12-15-4-10-20-11-5-15/h14-15H,4-13,17H2,1-3H3. The molecule has 2 heterocycles. The molecule has 0 aliphatic carbocycles. The first-order valence-electron chi connectivity index (χ1n) is 8.30. The average molecular weight is 283 g/mol. The second-order valence-corrected chi connectivity index (χ2v) is 6.99. The summed E-state index contributed by atoms with van der Waals surface area (Å²) < 4.78 is 5.47. The zero-order chi connectivity index (χ0) is 14.6. The molecule has 0 spiro atoms. The average Bonchev–Trinajstić information content (AvgIpc) is 2.48. The molecule has 0 aromatic carbocycles. The van der Waals surface area contributed by atoms with Crippen LogP contribution in [-0.2, 0) is 4.74 Å². The summed E-state index contributed by atoms with van der Waals surface area (Å²) in [6.07, 6.45) is 4.84. The Morgan fingerprint density at radius 2 is 1.85 bits per heavy atom. The van der Waals surface area contributed by atoms with Crippen LogP contribution in [0.15, 0.2) is 0 Å². The van der Waals surface area contributed by atoms with Gasteiger partial charge in [0.25, 0.3) is 0 Å². The summed E-state index contributed by atoms with van der Waals surface area (Å²) in [6, 6.07) is 0.659. The van der Waals surface area contributed by atoms with E-state index in [2.05, 4.69) is 30.7 Å². The lowest BCUT2D eigenvalue weighted by Gasteiger charge is -2.49. The molecule has 2 saturated heterocycles. The summed E-state index contributed by atoms with van der Waals surface area (Å²) in [5.41, 5.74) is 6.41. The Morgan fingerprint density at radius 1 is 1.25 bits per heavy atom. The Balaban J connectivity index is 1.89. The molecular weight excluding hydrogens is 250 g/mol. The maximum atomic E-state index is 6.18. The minimum Gasteiger partial charge on any atom is -0.381 e. The molecule has 118 valence electrons. The van der Waals surface area contributed by atoms with Crippen molar-refractivity contribution in [3.05, 3.63) is 0 Å². The van der Waals surface area contributed by atoms with Gasteiger partial charge in [-0.2, -0.15) is 0 Å². The van der Waals surface area contributed by atoms with Crippen molar-refractivity contribution >= 4 is 0 Å². The van der Waals surface area contributed by atoms with Crippen molar-refractivity contribution in [3.8, 4) is 0 Å². The summed E-state index contributed by atoms with van der Waals surface area (Å²) in [5.74, 6) is 0.792. The van der Waals surface area contributed by atoms with Gasteiger partial charge in [-0.3, -0.25) is 4.90 Å². The predicted octanol–water partition coefficient (Wildman–Crippen LogP) is 1.55. The molecule has 0 amide bonds. The van der Waals surface area contributed by atoms with Crippen LogP contribution in [0.3, 0.4) is 0 Å². The van der Waals surface area contributed by atoms with E-state index >= 15 is 0 Å². The molecule has 2 rings (SSSR count). The van der Waals surface area contributed by atoms with Crippen molar-refractivity contribution in [3.63, 3.8) is 0 Å². The van der Waals surface area contributed by atoms with Crippen LogP contribution in [0.2, 0.25) is 0 Å². The van der Waals surface area contributed by atoms with Crippen molar-refractivity contribution in [2.45, 2.75) is 51.1 Å². The lowest BCUT2D eigenvalue weighted by Crippen LogP contribution is -2.59. The molecule has 0 aromatic heterocycles. The largest absolute Gasteiger partial charge is 0.381 e. The van der Waals surface area contributed by atoms with Gasteiger partial charge in [-0.15, -0.1) is 0 Å². The first-order valence-corrected chi connectivity index (χ1v) is 8.30. The number of hydrogen-bond acceptors (Lipinski definition) is 4. The molecule has 4 heteroatoms. The molecule has 0 atom stereocenters. The lowest BCUT2D eigenvalue weighted by molar-refractivity contribution is 0.00379. The molecule has 2 fully saturated rings. The smallest absolute Gasteiger partial charge is 0.0469 e. The molecule has 0 aromatic rings.